The summed E-state index contributed by atoms with van der Waals surface area (Å²) in [7, 11) is 1.12. The molecule has 0 aromatic heterocycles. The lowest BCUT2D eigenvalue weighted by molar-refractivity contribution is -0.296. The van der Waals surface area contributed by atoms with E-state index in [1.807, 2.05) is 0 Å². The zero-order valence-corrected chi connectivity index (χ0v) is 13.0. The highest BCUT2D eigenvalue weighted by atomic mass is 16.7. The van der Waals surface area contributed by atoms with Crippen molar-refractivity contribution in [2.24, 2.45) is 5.73 Å². The van der Waals surface area contributed by atoms with Crippen LogP contribution in [0.2, 0.25) is 0 Å². The number of hydrogen-bond acceptors (Lipinski definition) is 10. The van der Waals surface area contributed by atoms with Crippen molar-refractivity contribution >= 4 is 5.97 Å². The summed E-state index contributed by atoms with van der Waals surface area (Å²) in [5, 5.41) is 29.2. The van der Waals surface area contributed by atoms with E-state index in [2.05, 4.69) is 4.74 Å². The highest BCUT2D eigenvalue weighted by Gasteiger charge is 2.47. The van der Waals surface area contributed by atoms with E-state index in [0.717, 1.165) is 7.11 Å². The van der Waals surface area contributed by atoms with Gasteiger partial charge in [-0.1, -0.05) is 0 Å². The van der Waals surface area contributed by atoms with Crippen LogP contribution in [-0.2, 0) is 28.5 Å². The van der Waals surface area contributed by atoms with E-state index in [1.165, 1.54) is 0 Å². The van der Waals surface area contributed by atoms with Gasteiger partial charge in [0.05, 0.1) is 40.1 Å². The molecule has 136 valence electrons. The molecule has 0 saturated carbocycles. The van der Waals surface area contributed by atoms with E-state index in [9.17, 15) is 20.1 Å². The van der Waals surface area contributed by atoms with E-state index in [0.29, 0.717) is 26.4 Å². The first-order valence-corrected chi connectivity index (χ1v) is 7.27. The minimum Gasteiger partial charge on any atom is -0.467 e. The van der Waals surface area contributed by atoms with Gasteiger partial charge in [0.15, 0.2) is 12.4 Å². The third-order valence-corrected chi connectivity index (χ3v) is 3.15. The zero-order chi connectivity index (χ0) is 17.2. The van der Waals surface area contributed by atoms with Gasteiger partial charge < -0.3 is 44.7 Å². The Morgan fingerprint density at radius 1 is 1.00 bits per heavy atom. The minimum absolute atomic E-state index is 0.0509. The monoisotopic (exact) mass is 339 g/mol. The van der Waals surface area contributed by atoms with Crippen LogP contribution in [-0.4, -0.2) is 98.7 Å². The predicted molar refractivity (Wildman–Crippen MR) is 75.3 cm³/mol. The third-order valence-electron chi connectivity index (χ3n) is 3.15. The Labute approximate surface area is 134 Å². The molecule has 0 amide bonds. The summed E-state index contributed by atoms with van der Waals surface area (Å²) in [5.41, 5.74) is 5.26. The maximum Gasteiger partial charge on any atom is 0.337 e. The van der Waals surface area contributed by atoms with Gasteiger partial charge in [0.25, 0.3) is 0 Å². The van der Waals surface area contributed by atoms with Gasteiger partial charge in [-0.15, -0.1) is 0 Å². The second-order valence-corrected chi connectivity index (χ2v) is 4.80. The molecule has 1 rings (SSSR count). The van der Waals surface area contributed by atoms with Crippen LogP contribution in [0.1, 0.15) is 0 Å². The molecule has 0 aromatic carbocycles. The summed E-state index contributed by atoms with van der Waals surface area (Å²) < 4.78 is 25.2. The lowest BCUT2D eigenvalue weighted by Gasteiger charge is -2.38. The van der Waals surface area contributed by atoms with Crippen LogP contribution in [0.3, 0.4) is 0 Å². The highest BCUT2D eigenvalue weighted by molar-refractivity contribution is 5.75. The summed E-state index contributed by atoms with van der Waals surface area (Å²) in [6, 6.07) is 0. The summed E-state index contributed by atoms with van der Waals surface area (Å²) in [5.74, 6) is -0.870. The van der Waals surface area contributed by atoms with Crippen molar-refractivity contribution in [3.8, 4) is 0 Å². The standard InChI is InChI=1S/C13H25NO9/c1-19-12(18)11-9(16)8(15)10(17)13(23-11)22-7-6-21-5-4-20-3-2-14/h8-11,13,15-17H,2-7,14H2,1H3. The Kier molecular flexibility index (Phi) is 9.52. The zero-order valence-electron chi connectivity index (χ0n) is 13.0. The number of hydrogen-bond donors (Lipinski definition) is 4. The maximum absolute atomic E-state index is 11.5. The van der Waals surface area contributed by atoms with Crippen molar-refractivity contribution in [3.05, 3.63) is 0 Å². The summed E-state index contributed by atoms with van der Waals surface area (Å²) in [4.78, 5) is 11.5. The fourth-order valence-corrected chi connectivity index (χ4v) is 1.93. The molecule has 5 N–H and O–H groups in total. The van der Waals surface area contributed by atoms with Gasteiger partial charge in [-0.25, -0.2) is 4.79 Å². The number of rotatable bonds is 10. The number of ether oxygens (including phenoxy) is 5. The van der Waals surface area contributed by atoms with Crippen molar-refractivity contribution in [2.75, 3.05) is 46.7 Å². The molecule has 1 heterocycles. The Morgan fingerprint density at radius 2 is 1.61 bits per heavy atom. The van der Waals surface area contributed by atoms with Crippen LogP contribution in [0.25, 0.3) is 0 Å². The predicted octanol–water partition coefficient (Wildman–Crippen LogP) is -3.02. The van der Waals surface area contributed by atoms with E-state index in [-0.39, 0.29) is 13.2 Å². The van der Waals surface area contributed by atoms with Gasteiger partial charge in [0.2, 0.25) is 0 Å². The van der Waals surface area contributed by atoms with Crippen molar-refractivity contribution in [2.45, 2.75) is 30.7 Å². The quantitative estimate of drug-likeness (QED) is 0.239. The molecule has 0 bridgehead atoms. The molecule has 0 radical (unpaired) electrons. The van der Waals surface area contributed by atoms with Gasteiger partial charge in [0, 0.05) is 6.54 Å². The van der Waals surface area contributed by atoms with Gasteiger partial charge in [-0.3, -0.25) is 0 Å². The third kappa shape index (κ3) is 6.28. The maximum atomic E-state index is 11.5. The van der Waals surface area contributed by atoms with Crippen LogP contribution in [0.5, 0.6) is 0 Å². The number of carbonyl (C=O) groups is 1. The SMILES string of the molecule is COC(=O)C1OC(OCCOCCOCCN)C(O)C(O)C1O. The molecule has 23 heavy (non-hydrogen) atoms. The molecule has 10 nitrogen and oxygen atoms in total. The fourth-order valence-electron chi connectivity index (χ4n) is 1.93. The average molecular weight is 339 g/mol. The minimum atomic E-state index is -1.60. The van der Waals surface area contributed by atoms with Gasteiger partial charge in [-0.2, -0.15) is 0 Å². The highest BCUT2D eigenvalue weighted by Crippen LogP contribution is 2.22. The van der Waals surface area contributed by atoms with E-state index >= 15 is 0 Å². The molecular formula is C13H25NO9. The molecule has 1 aliphatic rings. The Balaban J connectivity index is 2.30. The molecule has 0 aliphatic carbocycles. The van der Waals surface area contributed by atoms with Gasteiger partial charge in [-0.05, 0) is 0 Å². The molecule has 1 fully saturated rings. The number of carbonyl (C=O) groups excluding carboxylic acids is 1. The van der Waals surface area contributed by atoms with Crippen molar-refractivity contribution in [3.63, 3.8) is 0 Å². The molecule has 0 spiro atoms. The van der Waals surface area contributed by atoms with Gasteiger partial charge >= 0.3 is 5.97 Å². The number of aliphatic hydroxyl groups excluding tert-OH is 3. The van der Waals surface area contributed by atoms with Crippen LogP contribution < -0.4 is 5.73 Å². The molecule has 0 aromatic rings. The fraction of sp³-hybridized carbons (Fsp3) is 0.923. The van der Waals surface area contributed by atoms with Crippen molar-refractivity contribution in [1.29, 1.82) is 0 Å². The Bertz CT molecular complexity index is 343. The smallest absolute Gasteiger partial charge is 0.337 e. The number of aliphatic hydroxyl groups is 3. The second-order valence-electron chi connectivity index (χ2n) is 4.80. The molecule has 1 saturated heterocycles. The number of esters is 1. The summed E-state index contributed by atoms with van der Waals surface area (Å²) >= 11 is 0. The van der Waals surface area contributed by atoms with Crippen LogP contribution in [0.4, 0.5) is 0 Å². The first kappa shape index (κ1) is 20.2. The number of methoxy groups -OCH3 is 1. The molecular weight excluding hydrogens is 314 g/mol. The van der Waals surface area contributed by atoms with E-state index in [1.54, 1.807) is 0 Å². The lowest BCUT2D eigenvalue weighted by Crippen LogP contribution is -2.60. The summed E-state index contributed by atoms with van der Waals surface area (Å²) in [6.45, 7) is 1.89. The average Bonchev–Trinajstić information content (AvgIpc) is 2.56. The van der Waals surface area contributed by atoms with E-state index in [4.69, 9.17) is 24.7 Å². The van der Waals surface area contributed by atoms with E-state index < -0.39 is 36.7 Å². The van der Waals surface area contributed by atoms with Crippen LogP contribution >= 0.6 is 0 Å². The summed E-state index contributed by atoms with van der Waals surface area (Å²) in [6.07, 6.45) is -7.42. The van der Waals surface area contributed by atoms with Crippen molar-refractivity contribution < 1.29 is 43.8 Å². The van der Waals surface area contributed by atoms with Crippen LogP contribution in [0, 0.1) is 0 Å². The van der Waals surface area contributed by atoms with Crippen molar-refractivity contribution in [1.82, 2.24) is 0 Å². The van der Waals surface area contributed by atoms with Gasteiger partial charge in [0.1, 0.15) is 18.3 Å². The van der Waals surface area contributed by atoms with Crippen LogP contribution in [0.15, 0.2) is 0 Å². The molecule has 5 atom stereocenters. The molecule has 5 unspecified atom stereocenters. The second kappa shape index (κ2) is 10.8. The molecule has 10 heteroatoms. The molecule has 1 aliphatic heterocycles. The first-order valence-electron chi connectivity index (χ1n) is 7.27. The number of nitrogens with two attached hydrogens (primary N) is 1. The topological polar surface area (TPSA) is 150 Å². The largest absolute Gasteiger partial charge is 0.467 e. The Hall–Kier alpha value is -0.850. The Morgan fingerprint density at radius 3 is 2.22 bits per heavy atom. The lowest BCUT2D eigenvalue weighted by atomic mass is 9.99. The normalized spacial score (nSPS) is 31.1. The first-order chi connectivity index (χ1) is 11.0.